The summed E-state index contributed by atoms with van der Waals surface area (Å²) in [7, 11) is 1.90. The Morgan fingerprint density at radius 2 is 1.75 bits per heavy atom. The van der Waals surface area contributed by atoms with Crippen LogP contribution in [0.1, 0.15) is 57.8 Å². The van der Waals surface area contributed by atoms with E-state index in [-0.39, 0.29) is 24.3 Å². The van der Waals surface area contributed by atoms with Crippen molar-refractivity contribution in [2.45, 2.75) is 69.9 Å². The van der Waals surface area contributed by atoms with E-state index in [0.29, 0.717) is 31.5 Å². The lowest BCUT2D eigenvalue weighted by Gasteiger charge is -2.31. The molecule has 24 heavy (non-hydrogen) atoms. The van der Waals surface area contributed by atoms with E-state index in [1.54, 1.807) is 0 Å². The zero-order valence-corrected chi connectivity index (χ0v) is 15.6. The molecular weight excluding hydrogens is 328 g/mol. The van der Waals surface area contributed by atoms with E-state index in [1.165, 1.54) is 19.3 Å². The van der Waals surface area contributed by atoms with Gasteiger partial charge in [0.25, 0.3) is 0 Å². The number of carbonyl (C=O) groups excluding carboxylic acids is 2. The van der Waals surface area contributed by atoms with Crippen molar-refractivity contribution in [3.63, 3.8) is 0 Å². The summed E-state index contributed by atoms with van der Waals surface area (Å²) in [5, 5.41) is 9.22. The number of carbonyl (C=O) groups is 2. The molecule has 0 unspecified atom stereocenters. The second-order valence-corrected chi connectivity index (χ2v) is 6.82. The molecule has 0 radical (unpaired) electrons. The number of piperidine rings is 1. The molecule has 0 aromatic carbocycles. The highest BCUT2D eigenvalue weighted by Crippen LogP contribution is 2.17. The number of nitrogens with one attached hydrogen (secondary N) is 3. The van der Waals surface area contributed by atoms with Crippen LogP contribution < -0.4 is 16.0 Å². The van der Waals surface area contributed by atoms with E-state index in [2.05, 4.69) is 16.0 Å². The number of hydrogen-bond donors (Lipinski definition) is 3. The largest absolute Gasteiger partial charge is 0.343 e. The summed E-state index contributed by atoms with van der Waals surface area (Å²) in [6, 6.07) is 0.610. The molecule has 0 bridgehead atoms. The zero-order chi connectivity index (χ0) is 16.5. The first-order valence-electron chi connectivity index (χ1n) is 9.17. The molecule has 3 amide bonds. The molecule has 7 heteroatoms. The highest BCUT2D eigenvalue weighted by Gasteiger charge is 2.21. The lowest BCUT2D eigenvalue weighted by molar-refractivity contribution is -0.132. The van der Waals surface area contributed by atoms with Crippen LogP contribution in [0, 0.1) is 0 Å². The molecule has 140 valence electrons. The van der Waals surface area contributed by atoms with Gasteiger partial charge in [-0.25, -0.2) is 4.79 Å². The maximum atomic E-state index is 12.2. The van der Waals surface area contributed by atoms with E-state index < -0.39 is 0 Å². The Labute approximate surface area is 151 Å². The molecule has 0 aromatic heterocycles. The van der Waals surface area contributed by atoms with Gasteiger partial charge in [-0.15, -0.1) is 12.4 Å². The Bertz CT molecular complexity index is 383. The summed E-state index contributed by atoms with van der Waals surface area (Å²) in [6.45, 7) is 2.54. The quantitative estimate of drug-likeness (QED) is 0.634. The first-order valence-corrected chi connectivity index (χ1v) is 9.17. The highest BCUT2D eigenvalue weighted by molar-refractivity contribution is 5.85. The Balaban J connectivity index is 0.00000288. The fraction of sp³-hybridized carbons (Fsp3) is 0.882. The van der Waals surface area contributed by atoms with Gasteiger partial charge in [0, 0.05) is 32.1 Å². The summed E-state index contributed by atoms with van der Waals surface area (Å²) in [5.41, 5.74) is 0. The van der Waals surface area contributed by atoms with Crippen LogP contribution in [0.2, 0.25) is 0 Å². The van der Waals surface area contributed by atoms with Crippen molar-refractivity contribution in [3.05, 3.63) is 0 Å². The third-order valence-corrected chi connectivity index (χ3v) is 5.04. The number of urea groups is 1. The van der Waals surface area contributed by atoms with Crippen LogP contribution in [-0.4, -0.2) is 55.6 Å². The number of amides is 3. The Hall–Kier alpha value is -1.01. The van der Waals surface area contributed by atoms with Crippen molar-refractivity contribution in [1.82, 2.24) is 20.9 Å². The molecule has 2 fully saturated rings. The molecule has 0 atom stereocenters. The van der Waals surface area contributed by atoms with Crippen molar-refractivity contribution < 1.29 is 9.59 Å². The molecule has 0 aromatic rings. The van der Waals surface area contributed by atoms with Crippen LogP contribution in [0.4, 0.5) is 4.79 Å². The van der Waals surface area contributed by atoms with E-state index in [0.717, 1.165) is 38.8 Å². The normalized spacial score (nSPS) is 19.2. The molecule has 3 N–H and O–H groups in total. The number of nitrogens with zero attached hydrogens (tertiary/aromatic N) is 1. The van der Waals surface area contributed by atoms with Crippen LogP contribution in [0.5, 0.6) is 0 Å². The van der Waals surface area contributed by atoms with Crippen molar-refractivity contribution in [2.75, 3.05) is 26.7 Å². The van der Waals surface area contributed by atoms with Crippen LogP contribution in [0.3, 0.4) is 0 Å². The predicted octanol–water partition coefficient (Wildman–Crippen LogP) is 2.03. The topological polar surface area (TPSA) is 73.5 Å². The first kappa shape index (κ1) is 21.0. The van der Waals surface area contributed by atoms with Gasteiger partial charge in [-0.1, -0.05) is 19.3 Å². The second kappa shape index (κ2) is 11.5. The van der Waals surface area contributed by atoms with Crippen molar-refractivity contribution >= 4 is 24.3 Å². The van der Waals surface area contributed by atoms with Gasteiger partial charge in [-0.3, -0.25) is 4.79 Å². The van der Waals surface area contributed by atoms with E-state index in [1.807, 2.05) is 11.9 Å². The molecular formula is C17H33ClN4O2. The molecule has 1 aliphatic heterocycles. The monoisotopic (exact) mass is 360 g/mol. The number of rotatable bonds is 6. The van der Waals surface area contributed by atoms with Crippen LogP contribution >= 0.6 is 12.4 Å². The summed E-state index contributed by atoms with van der Waals surface area (Å²) in [5.74, 6) is 0.186. The summed E-state index contributed by atoms with van der Waals surface area (Å²) in [4.78, 5) is 25.9. The minimum absolute atomic E-state index is 0. The number of halogens is 1. The third-order valence-electron chi connectivity index (χ3n) is 5.04. The standard InChI is InChI=1S/C17H32N4O2.ClH/c1-21(15-9-12-18-13-10-15)16(22)8-5-11-19-17(23)20-14-6-3-2-4-7-14;/h14-15,18H,2-13H2,1H3,(H2,19,20,23);1H. The lowest BCUT2D eigenvalue weighted by atomic mass is 9.96. The first-order chi connectivity index (χ1) is 11.2. The van der Waals surface area contributed by atoms with Crippen molar-refractivity contribution in [3.8, 4) is 0 Å². The highest BCUT2D eigenvalue weighted by atomic mass is 35.5. The third kappa shape index (κ3) is 7.26. The fourth-order valence-corrected chi connectivity index (χ4v) is 3.50. The molecule has 1 saturated carbocycles. The summed E-state index contributed by atoms with van der Waals surface area (Å²) >= 11 is 0. The lowest BCUT2D eigenvalue weighted by Crippen LogP contribution is -2.44. The van der Waals surface area contributed by atoms with Gasteiger partial charge in [0.15, 0.2) is 0 Å². The average Bonchev–Trinajstić information content (AvgIpc) is 2.59. The van der Waals surface area contributed by atoms with Gasteiger partial charge in [-0.2, -0.15) is 0 Å². The molecule has 1 saturated heterocycles. The van der Waals surface area contributed by atoms with Gasteiger partial charge in [0.05, 0.1) is 0 Å². The minimum atomic E-state index is -0.0870. The summed E-state index contributed by atoms with van der Waals surface area (Å²) in [6.07, 6.45) is 9.16. The molecule has 2 rings (SSSR count). The maximum absolute atomic E-state index is 12.2. The van der Waals surface area contributed by atoms with Gasteiger partial charge >= 0.3 is 6.03 Å². The van der Waals surface area contributed by atoms with Gasteiger partial charge in [-0.05, 0) is 45.2 Å². The molecule has 6 nitrogen and oxygen atoms in total. The van der Waals surface area contributed by atoms with Crippen molar-refractivity contribution in [1.29, 1.82) is 0 Å². The van der Waals surface area contributed by atoms with Gasteiger partial charge < -0.3 is 20.9 Å². The van der Waals surface area contributed by atoms with Gasteiger partial charge in [0.1, 0.15) is 0 Å². The summed E-state index contributed by atoms with van der Waals surface area (Å²) < 4.78 is 0. The van der Waals surface area contributed by atoms with E-state index in [9.17, 15) is 9.59 Å². The van der Waals surface area contributed by atoms with Crippen LogP contribution in [0.15, 0.2) is 0 Å². The second-order valence-electron chi connectivity index (χ2n) is 6.82. The van der Waals surface area contributed by atoms with E-state index >= 15 is 0 Å². The SMILES string of the molecule is CN(C(=O)CCCNC(=O)NC1CCCCC1)C1CCNCC1.Cl. The van der Waals surface area contributed by atoms with Gasteiger partial charge in [0.2, 0.25) is 5.91 Å². The van der Waals surface area contributed by atoms with E-state index in [4.69, 9.17) is 0 Å². The molecule has 1 aliphatic carbocycles. The Kier molecular flexibility index (Phi) is 10.1. The predicted molar refractivity (Wildman–Crippen MR) is 98.6 cm³/mol. The fourth-order valence-electron chi connectivity index (χ4n) is 3.50. The van der Waals surface area contributed by atoms with Crippen molar-refractivity contribution in [2.24, 2.45) is 0 Å². The Morgan fingerprint density at radius 3 is 2.42 bits per heavy atom. The zero-order valence-electron chi connectivity index (χ0n) is 14.8. The molecule has 2 aliphatic rings. The maximum Gasteiger partial charge on any atom is 0.315 e. The average molecular weight is 361 g/mol. The van der Waals surface area contributed by atoms with Crippen LogP contribution in [0.25, 0.3) is 0 Å². The Morgan fingerprint density at radius 1 is 1.08 bits per heavy atom. The van der Waals surface area contributed by atoms with Crippen LogP contribution in [-0.2, 0) is 4.79 Å². The minimum Gasteiger partial charge on any atom is -0.343 e. The molecule has 1 heterocycles. The number of hydrogen-bond acceptors (Lipinski definition) is 3. The molecule has 0 spiro atoms. The smallest absolute Gasteiger partial charge is 0.315 e.